The fraction of sp³-hybridized carbons (Fsp3) is 0.765. The molecule has 1 aromatic rings. The Hall–Kier alpha value is -1.16. The zero-order chi connectivity index (χ0) is 15.5. The van der Waals surface area contributed by atoms with Crippen LogP contribution in [0.25, 0.3) is 0 Å². The Morgan fingerprint density at radius 3 is 2.38 bits per heavy atom. The first-order valence-electron chi connectivity index (χ1n) is 7.96. The molecule has 0 spiro atoms. The molecule has 0 unspecified atom stereocenters. The van der Waals surface area contributed by atoms with Gasteiger partial charge in [0, 0.05) is 12.1 Å². The fourth-order valence-electron chi connectivity index (χ4n) is 2.51. The highest BCUT2D eigenvalue weighted by Crippen LogP contribution is 2.36. The molecular formula is C17H29N3O. The summed E-state index contributed by atoms with van der Waals surface area (Å²) in [5.74, 6) is 0.652. The summed E-state index contributed by atoms with van der Waals surface area (Å²) in [6.07, 6.45) is 8.52. The van der Waals surface area contributed by atoms with E-state index in [1.54, 1.807) is 12.4 Å². The van der Waals surface area contributed by atoms with E-state index < -0.39 is 0 Å². The van der Waals surface area contributed by atoms with Crippen molar-refractivity contribution in [1.82, 2.24) is 15.3 Å². The van der Waals surface area contributed by atoms with Crippen LogP contribution in [0.5, 0.6) is 5.88 Å². The summed E-state index contributed by atoms with van der Waals surface area (Å²) in [5, 5.41) is 3.40. The van der Waals surface area contributed by atoms with Gasteiger partial charge in [-0.2, -0.15) is 0 Å². The topological polar surface area (TPSA) is 47.0 Å². The van der Waals surface area contributed by atoms with Crippen LogP contribution in [-0.4, -0.2) is 21.6 Å². The lowest BCUT2D eigenvalue weighted by atomic mass is 9.76. The molecule has 0 amide bonds. The van der Waals surface area contributed by atoms with Gasteiger partial charge in [0.1, 0.15) is 6.10 Å². The molecule has 1 saturated carbocycles. The highest BCUT2D eigenvalue weighted by molar-refractivity contribution is 5.08. The molecule has 1 aromatic heterocycles. The van der Waals surface area contributed by atoms with Crippen molar-refractivity contribution in [2.24, 2.45) is 5.41 Å². The first kappa shape index (κ1) is 16.2. The van der Waals surface area contributed by atoms with E-state index in [4.69, 9.17) is 4.74 Å². The van der Waals surface area contributed by atoms with Gasteiger partial charge in [0.05, 0.1) is 18.1 Å². The molecule has 1 N–H and O–H groups in total. The van der Waals surface area contributed by atoms with E-state index in [1.165, 1.54) is 12.8 Å². The molecule has 1 heterocycles. The molecule has 1 fully saturated rings. The summed E-state index contributed by atoms with van der Waals surface area (Å²) in [6.45, 7) is 11.8. The molecule has 0 aromatic carbocycles. The van der Waals surface area contributed by atoms with E-state index in [9.17, 15) is 0 Å². The van der Waals surface area contributed by atoms with Crippen LogP contribution in [-0.2, 0) is 6.54 Å². The number of nitrogens with zero attached hydrogens (tertiary/aromatic N) is 2. The number of hydrogen-bond acceptors (Lipinski definition) is 4. The van der Waals surface area contributed by atoms with Gasteiger partial charge in [0.2, 0.25) is 5.88 Å². The molecule has 0 radical (unpaired) electrons. The lowest BCUT2D eigenvalue weighted by Crippen LogP contribution is -2.35. The van der Waals surface area contributed by atoms with E-state index in [2.05, 4.69) is 49.9 Å². The van der Waals surface area contributed by atoms with Gasteiger partial charge in [-0.05, 0) is 51.9 Å². The van der Waals surface area contributed by atoms with Crippen LogP contribution in [0.4, 0.5) is 0 Å². The van der Waals surface area contributed by atoms with Gasteiger partial charge in [-0.3, -0.25) is 4.98 Å². The summed E-state index contributed by atoms with van der Waals surface area (Å²) in [6, 6.07) is 0. The van der Waals surface area contributed by atoms with Crippen molar-refractivity contribution < 1.29 is 4.74 Å². The third-order valence-electron chi connectivity index (χ3n) is 4.06. The monoisotopic (exact) mass is 291 g/mol. The van der Waals surface area contributed by atoms with Crippen LogP contribution in [0.1, 0.15) is 66.0 Å². The smallest absolute Gasteiger partial charge is 0.232 e. The number of ether oxygens (including phenoxy) is 1. The lowest BCUT2D eigenvalue weighted by molar-refractivity contribution is 0.0944. The van der Waals surface area contributed by atoms with Gasteiger partial charge in [0.25, 0.3) is 0 Å². The van der Waals surface area contributed by atoms with Crippen LogP contribution in [0, 0.1) is 5.41 Å². The molecule has 4 nitrogen and oxygen atoms in total. The first-order chi connectivity index (χ1) is 9.73. The average Bonchev–Trinajstić information content (AvgIpc) is 2.40. The van der Waals surface area contributed by atoms with Crippen LogP contribution >= 0.6 is 0 Å². The van der Waals surface area contributed by atoms with E-state index in [1.807, 2.05) is 0 Å². The Balaban J connectivity index is 1.83. The predicted molar refractivity (Wildman–Crippen MR) is 85.3 cm³/mol. The SMILES string of the molecule is CC1(C)CCC(Oc2cnc(CNC(C)(C)C)cn2)CC1. The standard InChI is InChI=1S/C17H29N3O/c1-16(2,3)20-11-13-10-19-15(12-18-13)21-14-6-8-17(4,5)9-7-14/h10,12,14,20H,6-9,11H2,1-5H3. The highest BCUT2D eigenvalue weighted by atomic mass is 16.5. The minimum atomic E-state index is 0.0890. The van der Waals surface area contributed by atoms with Crippen molar-refractivity contribution in [3.8, 4) is 5.88 Å². The molecule has 0 bridgehead atoms. The summed E-state index contributed by atoms with van der Waals surface area (Å²) >= 11 is 0. The number of aromatic nitrogens is 2. The van der Waals surface area contributed by atoms with Gasteiger partial charge in [0.15, 0.2) is 0 Å². The molecule has 1 aliphatic carbocycles. The van der Waals surface area contributed by atoms with Crippen molar-refractivity contribution in [2.45, 2.75) is 78.5 Å². The molecule has 4 heteroatoms. The quantitative estimate of drug-likeness (QED) is 0.918. The predicted octanol–water partition coefficient (Wildman–Crippen LogP) is 3.71. The molecule has 1 aliphatic rings. The minimum absolute atomic E-state index is 0.0890. The fourth-order valence-corrected chi connectivity index (χ4v) is 2.51. The normalized spacial score (nSPS) is 19.5. The Morgan fingerprint density at radius 1 is 1.19 bits per heavy atom. The van der Waals surface area contributed by atoms with Gasteiger partial charge < -0.3 is 10.1 Å². The molecular weight excluding hydrogens is 262 g/mol. The third kappa shape index (κ3) is 5.62. The zero-order valence-corrected chi connectivity index (χ0v) is 14.1. The highest BCUT2D eigenvalue weighted by Gasteiger charge is 2.28. The van der Waals surface area contributed by atoms with E-state index in [0.717, 1.165) is 25.1 Å². The number of hydrogen-bond donors (Lipinski definition) is 1. The summed E-state index contributed by atoms with van der Waals surface area (Å²) in [4.78, 5) is 8.81. The van der Waals surface area contributed by atoms with E-state index in [0.29, 0.717) is 17.4 Å². The van der Waals surface area contributed by atoms with E-state index >= 15 is 0 Å². The van der Waals surface area contributed by atoms with Crippen molar-refractivity contribution in [3.63, 3.8) is 0 Å². The molecule has 0 saturated heterocycles. The molecule has 0 atom stereocenters. The van der Waals surface area contributed by atoms with Crippen LogP contribution in [0.3, 0.4) is 0 Å². The first-order valence-corrected chi connectivity index (χ1v) is 7.96. The Labute approximate surface area is 128 Å². The van der Waals surface area contributed by atoms with Gasteiger partial charge >= 0.3 is 0 Å². The van der Waals surface area contributed by atoms with Crippen molar-refractivity contribution in [1.29, 1.82) is 0 Å². The van der Waals surface area contributed by atoms with Crippen molar-refractivity contribution >= 4 is 0 Å². The second kappa shape index (κ2) is 6.30. The second-order valence-electron chi connectivity index (χ2n) is 7.93. The van der Waals surface area contributed by atoms with Crippen LogP contribution in [0.15, 0.2) is 12.4 Å². The molecule has 118 valence electrons. The number of rotatable bonds is 4. The zero-order valence-electron chi connectivity index (χ0n) is 14.1. The summed E-state index contributed by atoms with van der Waals surface area (Å²) in [5.41, 5.74) is 1.50. The maximum atomic E-state index is 5.96. The van der Waals surface area contributed by atoms with E-state index in [-0.39, 0.29) is 5.54 Å². The molecule has 2 rings (SSSR count). The maximum Gasteiger partial charge on any atom is 0.232 e. The molecule has 0 aliphatic heterocycles. The summed E-state index contributed by atoms with van der Waals surface area (Å²) in [7, 11) is 0. The van der Waals surface area contributed by atoms with Crippen LogP contribution < -0.4 is 10.1 Å². The van der Waals surface area contributed by atoms with Crippen molar-refractivity contribution in [2.75, 3.05) is 0 Å². The van der Waals surface area contributed by atoms with Gasteiger partial charge in [-0.1, -0.05) is 13.8 Å². The Morgan fingerprint density at radius 2 is 1.86 bits per heavy atom. The summed E-state index contributed by atoms with van der Waals surface area (Å²) < 4.78 is 5.96. The van der Waals surface area contributed by atoms with Gasteiger partial charge in [-0.15, -0.1) is 0 Å². The maximum absolute atomic E-state index is 5.96. The van der Waals surface area contributed by atoms with Gasteiger partial charge in [-0.25, -0.2) is 4.98 Å². The Bertz CT molecular complexity index is 438. The minimum Gasteiger partial charge on any atom is -0.473 e. The average molecular weight is 291 g/mol. The second-order valence-corrected chi connectivity index (χ2v) is 7.93. The largest absolute Gasteiger partial charge is 0.473 e. The number of nitrogens with one attached hydrogen (secondary N) is 1. The lowest BCUT2D eigenvalue weighted by Gasteiger charge is -2.34. The van der Waals surface area contributed by atoms with Crippen LogP contribution in [0.2, 0.25) is 0 Å². The molecule has 21 heavy (non-hydrogen) atoms. The third-order valence-corrected chi connectivity index (χ3v) is 4.06. The Kier molecular flexibility index (Phi) is 4.87. The van der Waals surface area contributed by atoms with Crippen molar-refractivity contribution in [3.05, 3.63) is 18.1 Å².